The molecular formula is C15H16ClN3O. The van der Waals surface area contributed by atoms with Crippen molar-refractivity contribution < 1.29 is 4.74 Å². The van der Waals surface area contributed by atoms with E-state index in [2.05, 4.69) is 4.98 Å². The lowest BCUT2D eigenvalue weighted by atomic mass is 10.1. The van der Waals surface area contributed by atoms with Crippen LogP contribution in [0.4, 0.5) is 0 Å². The molecule has 1 heterocycles. The number of aromatic nitrogens is 1. The Morgan fingerprint density at radius 1 is 1.35 bits per heavy atom. The third kappa shape index (κ3) is 3.08. The van der Waals surface area contributed by atoms with Crippen molar-refractivity contribution in [1.82, 2.24) is 4.98 Å². The molecule has 0 radical (unpaired) electrons. The van der Waals surface area contributed by atoms with Gasteiger partial charge in [-0.1, -0.05) is 17.7 Å². The normalized spacial score (nSPS) is 10.3. The number of hydrogen-bond acceptors (Lipinski definition) is 3. The van der Waals surface area contributed by atoms with E-state index in [1.54, 1.807) is 12.3 Å². The van der Waals surface area contributed by atoms with Crippen LogP contribution < -0.4 is 10.5 Å². The number of pyridine rings is 1. The zero-order chi connectivity index (χ0) is 14.7. The molecule has 0 saturated heterocycles. The van der Waals surface area contributed by atoms with Crippen molar-refractivity contribution in [1.29, 1.82) is 5.41 Å². The number of nitrogen functional groups attached to an aromatic ring is 1. The lowest BCUT2D eigenvalue weighted by molar-refractivity contribution is 0.301. The number of nitrogens with zero attached hydrogens (tertiary/aromatic N) is 1. The number of nitrogens with two attached hydrogens (primary N) is 1. The van der Waals surface area contributed by atoms with Crippen LogP contribution in [0.5, 0.6) is 5.75 Å². The summed E-state index contributed by atoms with van der Waals surface area (Å²) in [7, 11) is 0. The van der Waals surface area contributed by atoms with Gasteiger partial charge in [0.1, 0.15) is 23.9 Å². The molecule has 1 aromatic heterocycles. The Balaban J connectivity index is 2.24. The van der Waals surface area contributed by atoms with E-state index in [4.69, 9.17) is 27.5 Å². The number of halogens is 1. The van der Waals surface area contributed by atoms with E-state index in [-0.39, 0.29) is 5.84 Å². The van der Waals surface area contributed by atoms with Crippen molar-refractivity contribution >= 4 is 17.4 Å². The van der Waals surface area contributed by atoms with Gasteiger partial charge in [-0.25, -0.2) is 0 Å². The highest BCUT2D eigenvalue weighted by molar-refractivity contribution is 6.30. The summed E-state index contributed by atoms with van der Waals surface area (Å²) in [5, 5.41) is 8.21. The maximum absolute atomic E-state index is 7.51. The molecule has 0 spiro atoms. The van der Waals surface area contributed by atoms with Crippen molar-refractivity contribution in [2.45, 2.75) is 20.5 Å². The monoisotopic (exact) mass is 289 g/mol. The van der Waals surface area contributed by atoms with Gasteiger partial charge in [-0.15, -0.1) is 0 Å². The summed E-state index contributed by atoms with van der Waals surface area (Å²) >= 11 is 6.00. The lowest BCUT2D eigenvalue weighted by Crippen LogP contribution is -2.16. The van der Waals surface area contributed by atoms with E-state index in [0.29, 0.717) is 17.3 Å². The van der Waals surface area contributed by atoms with Gasteiger partial charge in [0.15, 0.2) is 0 Å². The minimum atomic E-state index is -0.0613. The van der Waals surface area contributed by atoms with Crippen LogP contribution >= 0.6 is 11.6 Å². The minimum Gasteiger partial charge on any atom is -0.488 e. The van der Waals surface area contributed by atoms with Gasteiger partial charge < -0.3 is 10.5 Å². The summed E-state index contributed by atoms with van der Waals surface area (Å²) in [6.45, 7) is 4.21. The Hall–Kier alpha value is -2.07. The van der Waals surface area contributed by atoms with Gasteiger partial charge in [-0.3, -0.25) is 10.4 Å². The fourth-order valence-electron chi connectivity index (χ4n) is 2.07. The number of hydrogen-bond donors (Lipinski definition) is 2. The van der Waals surface area contributed by atoms with Crippen LogP contribution in [0.3, 0.4) is 0 Å². The second-order valence-electron chi connectivity index (χ2n) is 4.58. The molecule has 3 N–H and O–H groups in total. The van der Waals surface area contributed by atoms with Crippen molar-refractivity contribution in [3.63, 3.8) is 0 Å². The maximum Gasteiger partial charge on any atom is 0.142 e. The standard InChI is InChI=1S/C15H16ClN3O/c1-9-6-12(16)7-10(2)14(9)20-8-11-4-3-5-19-13(11)15(17)18/h3-7H,8H2,1-2H3,(H3,17,18). The Morgan fingerprint density at radius 3 is 2.60 bits per heavy atom. The van der Waals surface area contributed by atoms with E-state index in [1.165, 1.54) is 0 Å². The predicted molar refractivity (Wildman–Crippen MR) is 80.5 cm³/mol. The van der Waals surface area contributed by atoms with Crippen LogP contribution in [-0.2, 0) is 6.61 Å². The average molecular weight is 290 g/mol. The Morgan fingerprint density at radius 2 is 2.00 bits per heavy atom. The van der Waals surface area contributed by atoms with Gasteiger partial charge >= 0.3 is 0 Å². The highest BCUT2D eigenvalue weighted by Crippen LogP contribution is 2.27. The molecule has 0 atom stereocenters. The van der Waals surface area contributed by atoms with E-state index >= 15 is 0 Å². The second kappa shape index (κ2) is 5.92. The summed E-state index contributed by atoms with van der Waals surface area (Å²) in [6, 6.07) is 7.37. The number of amidine groups is 1. The Kier molecular flexibility index (Phi) is 4.25. The molecule has 0 unspecified atom stereocenters. The number of aryl methyl sites for hydroxylation is 2. The number of benzene rings is 1. The first-order valence-corrected chi connectivity index (χ1v) is 6.54. The predicted octanol–water partition coefficient (Wildman–Crippen LogP) is 3.21. The molecule has 2 aromatic rings. The zero-order valence-electron chi connectivity index (χ0n) is 11.4. The Labute approximate surface area is 123 Å². The molecule has 0 aliphatic rings. The number of ether oxygens (including phenoxy) is 1. The van der Waals surface area contributed by atoms with E-state index < -0.39 is 0 Å². The summed E-state index contributed by atoms with van der Waals surface area (Å²) in [5.41, 5.74) is 8.70. The summed E-state index contributed by atoms with van der Waals surface area (Å²) in [4.78, 5) is 4.10. The van der Waals surface area contributed by atoms with Gasteiger partial charge in [-0.05, 0) is 43.2 Å². The van der Waals surface area contributed by atoms with Gasteiger partial charge in [0.25, 0.3) is 0 Å². The zero-order valence-corrected chi connectivity index (χ0v) is 12.2. The van der Waals surface area contributed by atoms with Crippen molar-refractivity contribution in [3.8, 4) is 5.75 Å². The van der Waals surface area contributed by atoms with Crippen molar-refractivity contribution in [2.24, 2.45) is 5.73 Å². The van der Waals surface area contributed by atoms with Crippen molar-refractivity contribution in [2.75, 3.05) is 0 Å². The fraction of sp³-hybridized carbons (Fsp3) is 0.200. The summed E-state index contributed by atoms with van der Waals surface area (Å²) < 4.78 is 5.85. The summed E-state index contributed by atoms with van der Waals surface area (Å²) in [6.07, 6.45) is 1.61. The minimum absolute atomic E-state index is 0.0613. The third-order valence-corrected chi connectivity index (χ3v) is 3.16. The molecule has 0 saturated carbocycles. The van der Waals surface area contributed by atoms with E-state index in [1.807, 2.05) is 32.0 Å². The number of rotatable bonds is 4. The van der Waals surface area contributed by atoms with Gasteiger partial charge in [-0.2, -0.15) is 0 Å². The molecule has 0 aliphatic heterocycles. The largest absolute Gasteiger partial charge is 0.488 e. The molecule has 0 fully saturated rings. The third-order valence-electron chi connectivity index (χ3n) is 2.94. The van der Waals surface area contributed by atoms with Gasteiger partial charge in [0.05, 0.1) is 0 Å². The van der Waals surface area contributed by atoms with E-state index in [0.717, 1.165) is 22.4 Å². The average Bonchev–Trinajstić information content (AvgIpc) is 2.37. The fourth-order valence-corrected chi connectivity index (χ4v) is 2.40. The maximum atomic E-state index is 7.51. The molecule has 4 nitrogen and oxygen atoms in total. The molecule has 0 bridgehead atoms. The number of nitrogens with one attached hydrogen (secondary N) is 1. The molecule has 0 amide bonds. The van der Waals surface area contributed by atoms with Crippen molar-refractivity contribution in [3.05, 3.63) is 57.9 Å². The van der Waals surface area contributed by atoms with Gasteiger partial charge in [0, 0.05) is 16.8 Å². The molecular weight excluding hydrogens is 274 g/mol. The van der Waals surface area contributed by atoms with Gasteiger partial charge in [0.2, 0.25) is 0 Å². The van der Waals surface area contributed by atoms with Crippen LogP contribution in [-0.4, -0.2) is 10.8 Å². The first-order chi connectivity index (χ1) is 9.49. The quantitative estimate of drug-likeness (QED) is 0.670. The van der Waals surface area contributed by atoms with E-state index in [9.17, 15) is 0 Å². The Bertz CT molecular complexity index is 632. The molecule has 5 heteroatoms. The highest BCUT2D eigenvalue weighted by atomic mass is 35.5. The lowest BCUT2D eigenvalue weighted by Gasteiger charge is -2.14. The first-order valence-electron chi connectivity index (χ1n) is 6.17. The van der Waals surface area contributed by atoms with Crippen LogP contribution in [0.15, 0.2) is 30.5 Å². The molecule has 0 aliphatic carbocycles. The molecule has 1 aromatic carbocycles. The van der Waals surface area contributed by atoms with Crippen LogP contribution in [0.1, 0.15) is 22.4 Å². The molecule has 20 heavy (non-hydrogen) atoms. The topological polar surface area (TPSA) is 72.0 Å². The molecule has 104 valence electrons. The van der Waals surface area contributed by atoms with Crippen LogP contribution in [0, 0.1) is 19.3 Å². The highest BCUT2D eigenvalue weighted by Gasteiger charge is 2.10. The second-order valence-corrected chi connectivity index (χ2v) is 5.02. The molecule has 2 rings (SSSR count). The smallest absolute Gasteiger partial charge is 0.142 e. The van der Waals surface area contributed by atoms with Crippen LogP contribution in [0.2, 0.25) is 5.02 Å². The van der Waals surface area contributed by atoms with Crippen LogP contribution in [0.25, 0.3) is 0 Å². The summed E-state index contributed by atoms with van der Waals surface area (Å²) in [5.74, 6) is 0.738. The first kappa shape index (κ1) is 14.3. The SMILES string of the molecule is Cc1cc(Cl)cc(C)c1OCc1cccnc1C(=N)N.